The molecule has 2 aromatic carbocycles. The number of nitrogens with zero attached hydrogens (tertiary/aromatic N) is 1. The fourth-order valence-electron chi connectivity index (χ4n) is 3.65. The molecule has 3 atom stereocenters. The van der Waals surface area contributed by atoms with Crippen molar-refractivity contribution in [2.75, 3.05) is 19.5 Å². The molecule has 2 fully saturated rings. The van der Waals surface area contributed by atoms with Crippen LogP contribution in [0.2, 0.25) is 0 Å². The lowest BCUT2D eigenvalue weighted by atomic mass is 9.98. The molecule has 1 N–H and O–H groups in total. The van der Waals surface area contributed by atoms with Gasteiger partial charge in [-0.1, -0.05) is 36.9 Å². The minimum Gasteiger partial charge on any atom is -0.497 e. The van der Waals surface area contributed by atoms with Crippen molar-refractivity contribution in [1.82, 2.24) is 10.2 Å². The lowest BCUT2D eigenvalue weighted by Crippen LogP contribution is -2.74. The Bertz CT molecular complexity index is 1040. The fraction of sp³-hybridized carbons (Fsp3) is 0.292. The van der Waals surface area contributed by atoms with Crippen LogP contribution in [-0.4, -0.2) is 59.6 Å². The van der Waals surface area contributed by atoms with Crippen molar-refractivity contribution in [2.24, 2.45) is 0 Å². The molecule has 0 spiro atoms. The molecule has 2 unspecified atom stereocenters. The van der Waals surface area contributed by atoms with Crippen LogP contribution in [0, 0.1) is 0 Å². The predicted molar refractivity (Wildman–Crippen MR) is 123 cm³/mol. The van der Waals surface area contributed by atoms with E-state index in [0.717, 1.165) is 5.56 Å². The highest BCUT2D eigenvalue weighted by Gasteiger charge is 2.56. The number of thioether (sulfide) groups is 1. The lowest BCUT2D eigenvalue weighted by Gasteiger charge is -2.52. The summed E-state index contributed by atoms with van der Waals surface area (Å²) >= 11 is 1.46. The van der Waals surface area contributed by atoms with E-state index < -0.39 is 24.0 Å². The molecule has 2 saturated heterocycles. The van der Waals surface area contributed by atoms with Crippen LogP contribution in [0.25, 0.3) is 0 Å². The van der Waals surface area contributed by atoms with Gasteiger partial charge in [0.1, 0.15) is 29.5 Å². The van der Waals surface area contributed by atoms with Gasteiger partial charge in [0.15, 0.2) is 12.6 Å². The molecule has 0 bridgehead atoms. The van der Waals surface area contributed by atoms with Crippen molar-refractivity contribution in [3.8, 4) is 11.5 Å². The minimum absolute atomic E-state index is 0.0729. The Hall–Kier alpha value is -3.46. The number of β-lactam (4-membered cyclic amide) rings is 1. The van der Waals surface area contributed by atoms with Gasteiger partial charge in [0.2, 0.25) is 5.91 Å². The molecule has 2 heterocycles. The molecule has 2 aliphatic heterocycles. The number of hydrogen-bond acceptors (Lipinski definition) is 7. The Labute approximate surface area is 195 Å². The zero-order valence-electron chi connectivity index (χ0n) is 18.1. The quantitative estimate of drug-likeness (QED) is 0.360. The average Bonchev–Trinajstić information content (AvgIpc) is 2.85. The van der Waals surface area contributed by atoms with Gasteiger partial charge in [-0.3, -0.25) is 9.59 Å². The van der Waals surface area contributed by atoms with Gasteiger partial charge in [0.05, 0.1) is 7.11 Å². The Morgan fingerprint density at radius 3 is 2.55 bits per heavy atom. The summed E-state index contributed by atoms with van der Waals surface area (Å²) in [6.07, 6.45) is 0. The molecule has 172 valence electrons. The van der Waals surface area contributed by atoms with Gasteiger partial charge in [0.25, 0.3) is 5.91 Å². The summed E-state index contributed by atoms with van der Waals surface area (Å²) in [7, 11) is 1.58. The second-order valence-electron chi connectivity index (χ2n) is 7.61. The van der Waals surface area contributed by atoms with Crippen molar-refractivity contribution < 1.29 is 28.6 Å². The second-order valence-corrected chi connectivity index (χ2v) is 8.72. The molecule has 2 amide bonds. The highest BCUT2D eigenvalue weighted by Crippen LogP contribution is 2.40. The van der Waals surface area contributed by atoms with Crippen LogP contribution in [0.5, 0.6) is 11.5 Å². The molecular weight excluding hydrogens is 444 g/mol. The van der Waals surface area contributed by atoms with Gasteiger partial charge < -0.3 is 24.4 Å². The first-order chi connectivity index (χ1) is 16.0. The van der Waals surface area contributed by atoms with Gasteiger partial charge in [0, 0.05) is 5.75 Å². The third-order valence-electron chi connectivity index (χ3n) is 5.38. The van der Waals surface area contributed by atoms with Crippen molar-refractivity contribution in [2.45, 2.75) is 24.1 Å². The SMILES string of the molecule is C=C1CS[C@@H]2C(NC(=O)COc3ccccc3)C(=O)N2C1C(=O)OCc1ccc(OC)cc1. The number of hydrogen-bond donors (Lipinski definition) is 1. The molecule has 0 aliphatic carbocycles. The lowest BCUT2D eigenvalue weighted by molar-refractivity contribution is -0.164. The van der Waals surface area contributed by atoms with Crippen molar-refractivity contribution >= 4 is 29.5 Å². The van der Waals surface area contributed by atoms with E-state index in [1.54, 1.807) is 55.6 Å². The predicted octanol–water partition coefficient (Wildman–Crippen LogP) is 2.14. The monoisotopic (exact) mass is 468 g/mol. The van der Waals surface area contributed by atoms with Crippen LogP contribution >= 0.6 is 11.8 Å². The van der Waals surface area contributed by atoms with E-state index in [-0.39, 0.29) is 24.5 Å². The van der Waals surface area contributed by atoms with E-state index in [1.807, 2.05) is 6.07 Å². The van der Waals surface area contributed by atoms with Crippen molar-refractivity contribution in [3.05, 3.63) is 72.3 Å². The minimum atomic E-state index is -0.865. The van der Waals surface area contributed by atoms with Crippen LogP contribution in [0.3, 0.4) is 0 Å². The van der Waals surface area contributed by atoms with Crippen LogP contribution in [0.4, 0.5) is 0 Å². The summed E-state index contributed by atoms with van der Waals surface area (Å²) in [6, 6.07) is 14.5. The maximum absolute atomic E-state index is 12.8. The number of esters is 1. The fourth-order valence-corrected chi connectivity index (χ4v) is 4.96. The molecule has 0 aromatic heterocycles. The number of carbonyl (C=O) groups excluding carboxylic acids is 3. The maximum atomic E-state index is 12.8. The van der Waals surface area contributed by atoms with Crippen LogP contribution in [0.15, 0.2) is 66.7 Å². The topological polar surface area (TPSA) is 94.2 Å². The summed E-state index contributed by atoms with van der Waals surface area (Å²) in [4.78, 5) is 39.3. The van der Waals surface area contributed by atoms with Crippen LogP contribution in [0.1, 0.15) is 5.56 Å². The van der Waals surface area contributed by atoms with Gasteiger partial charge >= 0.3 is 5.97 Å². The smallest absolute Gasteiger partial charge is 0.333 e. The number of rotatable bonds is 8. The average molecular weight is 469 g/mol. The van der Waals surface area contributed by atoms with E-state index in [2.05, 4.69) is 11.9 Å². The summed E-state index contributed by atoms with van der Waals surface area (Å²) in [5.41, 5.74) is 1.40. The van der Waals surface area contributed by atoms with Gasteiger partial charge in [-0.25, -0.2) is 4.79 Å². The number of para-hydroxylation sites is 1. The van der Waals surface area contributed by atoms with E-state index in [9.17, 15) is 14.4 Å². The number of carbonyl (C=O) groups is 3. The molecule has 0 saturated carbocycles. The Balaban J connectivity index is 1.32. The number of amides is 2. The largest absolute Gasteiger partial charge is 0.497 e. The van der Waals surface area contributed by atoms with Crippen molar-refractivity contribution in [1.29, 1.82) is 0 Å². The zero-order chi connectivity index (χ0) is 23.4. The first-order valence-electron chi connectivity index (χ1n) is 10.4. The van der Waals surface area contributed by atoms with E-state index in [1.165, 1.54) is 16.7 Å². The summed E-state index contributed by atoms with van der Waals surface area (Å²) in [5, 5.41) is 2.35. The van der Waals surface area contributed by atoms with Crippen LogP contribution < -0.4 is 14.8 Å². The molecular formula is C24H24N2O6S. The number of nitrogens with one attached hydrogen (secondary N) is 1. The van der Waals surface area contributed by atoms with Crippen molar-refractivity contribution in [3.63, 3.8) is 0 Å². The number of ether oxygens (including phenoxy) is 3. The second kappa shape index (κ2) is 9.99. The molecule has 2 aromatic rings. The summed E-state index contributed by atoms with van der Waals surface area (Å²) in [6.45, 7) is 3.83. The zero-order valence-corrected chi connectivity index (χ0v) is 18.9. The highest BCUT2D eigenvalue weighted by molar-refractivity contribution is 8.00. The van der Waals surface area contributed by atoms with E-state index in [4.69, 9.17) is 14.2 Å². The first-order valence-corrected chi connectivity index (χ1v) is 11.4. The number of benzene rings is 2. The number of fused-ring (bicyclic) bond motifs is 1. The molecule has 2 aliphatic rings. The number of methoxy groups -OCH3 is 1. The Kier molecular flexibility index (Phi) is 6.88. The molecule has 0 radical (unpaired) electrons. The normalized spacial score (nSPS) is 21.5. The molecule has 9 heteroatoms. The molecule has 4 rings (SSSR count). The van der Waals surface area contributed by atoms with Gasteiger partial charge in [-0.2, -0.15) is 0 Å². The van der Waals surface area contributed by atoms with E-state index >= 15 is 0 Å². The molecule has 8 nitrogen and oxygen atoms in total. The third kappa shape index (κ3) is 4.98. The maximum Gasteiger partial charge on any atom is 0.333 e. The molecule has 33 heavy (non-hydrogen) atoms. The first kappa shape index (κ1) is 22.7. The highest BCUT2D eigenvalue weighted by atomic mass is 32.2. The Morgan fingerprint density at radius 1 is 1.12 bits per heavy atom. The summed E-state index contributed by atoms with van der Waals surface area (Å²) < 4.78 is 16.0. The van der Waals surface area contributed by atoms with Crippen LogP contribution in [-0.2, 0) is 25.7 Å². The van der Waals surface area contributed by atoms with E-state index in [0.29, 0.717) is 22.8 Å². The third-order valence-corrected chi connectivity index (χ3v) is 6.76. The van der Waals surface area contributed by atoms with Gasteiger partial charge in [-0.15, -0.1) is 11.8 Å². The standard InChI is InChI=1S/C24H24N2O6S/c1-15-14-33-23-20(25-19(27)13-31-18-6-4-3-5-7-18)22(28)26(23)21(15)24(29)32-12-16-8-10-17(30-2)11-9-16/h3-11,20-21,23H,1,12-14H2,2H3,(H,25,27)/t20?,21?,23-/m1/s1. The van der Waals surface area contributed by atoms with Gasteiger partial charge in [-0.05, 0) is 35.4 Å². The Morgan fingerprint density at radius 2 is 1.85 bits per heavy atom. The summed E-state index contributed by atoms with van der Waals surface area (Å²) in [5.74, 6) is 0.486.